The van der Waals surface area contributed by atoms with Gasteiger partial charge in [0, 0.05) is 30.9 Å². The van der Waals surface area contributed by atoms with Crippen molar-refractivity contribution in [1.82, 2.24) is 29.6 Å². The van der Waals surface area contributed by atoms with E-state index in [9.17, 15) is 13.2 Å². The summed E-state index contributed by atoms with van der Waals surface area (Å²) in [5.41, 5.74) is 2.29. The number of likely N-dealkylation sites (tertiary alicyclic amines) is 1. The Labute approximate surface area is 232 Å². The molecule has 3 aromatic rings. The van der Waals surface area contributed by atoms with E-state index in [-0.39, 0.29) is 37.3 Å². The van der Waals surface area contributed by atoms with Crippen molar-refractivity contribution in [3.63, 3.8) is 0 Å². The molecule has 2 aliphatic rings. The minimum absolute atomic E-state index is 0.0563. The van der Waals surface area contributed by atoms with Gasteiger partial charge < -0.3 is 14.6 Å². The number of methoxy groups -OCH3 is 1. The molecular weight excluding hydrogens is 540 g/mol. The number of ether oxygens (including phenoxy) is 1. The molecule has 0 unspecified atom stereocenters. The summed E-state index contributed by atoms with van der Waals surface area (Å²) in [6.45, 7) is 7.06. The summed E-state index contributed by atoms with van der Waals surface area (Å²) < 4.78 is 39.3. The monoisotopic (exact) mass is 574 g/mol. The number of nitrogens with one attached hydrogen (secondary N) is 1. The lowest BCUT2D eigenvalue weighted by Crippen LogP contribution is -2.36. The summed E-state index contributed by atoms with van der Waals surface area (Å²) >= 11 is 1.51. The number of hydrogen-bond acceptors (Lipinski definition) is 10. The van der Waals surface area contributed by atoms with Crippen LogP contribution in [0.25, 0.3) is 0 Å². The molecule has 1 saturated heterocycles. The van der Waals surface area contributed by atoms with E-state index in [0.717, 1.165) is 43.2 Å². The van der Waals surface area contributed by atoms with Crippen LogP contribution in [0.15, 0.2) is 26.9 Å². The molecule has 1 aliphatic heterocycles. The lowest BCUT2D eigenvalue weighted by Gasteiger charge is -2.24. The van der Waals surface area contributed by atoms with E-state index in [1.807, 2.05) is 5.38 Å². The van der Waals surface area contributed by atoms with Crippen LogP contribution in [0.4, 0.5) is 0 Å². The van der Waals surface area contributed by atoms with Gasteiger partial charge in [-0.15, -0.1) is 11.3 Å². The molecule has 0 spiro atoms. The molecule has 13 heteroatoms. The Morgan fingerprint density at radius 1 is 1.21 bits per heavy atom. The standard InChI is InChI=1S/C26H34N6O5S2/c1-17-12-21(36-3)13-18(2)24(17)39(34,35)32(20-6-7-20)11-8-22-29-26(37-30-22)25(33)27-14-23-28-19(16-38-23)15-31-9-4-5-10-31/h12-13,16,20H,4-11,14-15H2,1-3H3,(H,27,33). The van der Waals surface area contributed by atoms with Gasteiger partial charge in [-0.3, -0.25) is 9.69 Å². The fourth-order valence-corrected chi connectivity index (χ4v) is 7.80. The maximum atomic E-state index is 13.7. The molecule has 1 N–H and O–H groups in total. The second-order valence-corrected chi connectivity index (χ2v) is 12.9. The normalized spacial score (nSPS) is 16.2. The van der Waals surface area contributed by atoms with Gasteiger partial charge in [-0.25, -0.2) is 13.4 Å². The third kappa shape index (κ3) is 6.48. The van der Waals surface area contributed by atoms with E-state index < -0.39 is 15.9 Å². The van der Waals surface area contributed by atoms with Crippen LogP contribution >= 0.6 is 11.3 Å². The zero-order valence-electron chi connectivity index (χ0n) is 22.5. The third-order valence-corrected chi connectivity index (χ3v) is 10.1. The first-order chi connectivity index (χ1) is 18.7. The van der Waals surface area contributed by atoms with Gasteiger partial charge in [0.1, 0.15) is 10.8 Å². The second-order valence-electron chi connectivity index (χ2n) is 10.1. The van der Waals surface area contributed by atoms with Gasteiger partial charge in [-0.1, -0.05) is 5.16 Å². The van der Waals surface area contributed by atoms with Crippen molar-refractivity contribution >= 4 is 27.3 Å². The van der Waals surface area contributed by atoms with Gasteiger partial charge in [0.15, 0.2) is 5.82 Å². The topological polar surface area (TPSA) is 131 Å². The Bertz CT molecular complexity index is 1400. The van der Waals surface area contributed by atoms with Gasteiger partial charge in [0.25, 0.3) is 0 Å². The van der Waals surface area contributed by atoms with E-state index >= 15 is 0 Å². The smallest absolute Gasteiger partial charge is 0.315 e. The number of amides is 1. The van der Waals surface area contributed by atoms with Gasteiger partial charge in [0.2, 0.25) is 10.0 Å². The lowest BCUT2D eigenvalue weighted by molar-refractivity contribution is 0.0907. The van der Waals surface area contributed by atoms with Crippen LogP contribution in [0.2, 0.25) is 0 Å². The quantitative estimate of drug-likeness (QED) is 0.347. The molecule has 1 aromatic carbocycles. The largest absolute Gasteiger partial charge is 0.497 e. The van der Waals surface area contributed by atoms with Crippen LogP contribution < -0.4 is 10.1 Å². The number of benzene rings is 1. The Morgan fingerprint density at radius 2 is 1.92 bits per heavy atom. The molecule has 2 fully saturated rings. The van der Waals surface area contributed by atoms with Gasteiger partial charge in [-0.2, -0.15) is 9.29 Å². The zero-order chi connectivity index (χ0) is 27.6. The SMILES string of the molecule is COc1cc(C)c(S(=O)(=O)N(CCc2noc(C(=O)NCc3nc(CN4CCCC4)cs3)n2)C2CC2)c(C)c1. The minimum atomic E-state index is -3.75. The summed E-state index contributed by atoms with van der Waals surface area (Å²) in [5.74, 6) is 0.269. The molecule has 1 amide bonds. The number of sulfonamides is 1. The first-order valence-electron chi connectivity index (χ1n) is 13.2. The molecular formula is C26H34N6O5S2. The van der Waals surface area contributed by atoms with Crippen LogP contribution in [-0.2, 0) is 29.5 Å². The van der Waals surface area contributed by atoms with Crippen molar-refractivity contribution in [2.75, 3.05) is 26.7 Å². The summed E-state index contributed by atoms with van der Waals surface area (Å²) in [6.07, 6.45) is 4.31. The first kappa shape index (κ1) is 27.7. The number of thiazole rings is 1. The molecule has 1 saturated carbocycles. The van der Waals surface area contributed by atoms with E-state index in [4.69, 9.17) is 9.26 Å². The van der Waals surface area contributed by atoms with Gasteiger partial charge in [0.05, 0.1) is 24.2 Å². The average Bonchev–Trinajstić information content (AvgIpc) is 3.26. The van der Waals surface area contributed by atoms with Crippen molar-refractivity contribution in [3.05, 3.63) is 51.1 Å². The predicted octanol–water partition coefficient (Wildman–Crippen LogP) is 3.07. The van der Waals surface area contributed by atoms with Crippen LogP contribution in [0.5, 0.6) is 5.75 Å². The fourth-order valence-electron chi connectivity index (χ4n) is 4.98. The van der Waals surface area contributed by atoms with Gasteiger partial charge >= 0.3 is 11.8 Å². The Balaban J connectivity index is 1.18. The maximum Gasteiger partial charge on any atom is 0.315 e. The van der Waals surface area contributed by atoms with Crippen LogP contribution in [0.1, 0.15) is 64.0 Å². The average molecular weight is 575 g/mol. The molecule has 0 atom stereocenters. The summed E-state index contributed by atoms with van der Waals surface area (Å²) in [7, 11) is -2.19. The number of hydrogen-bond donors (Lipinski definition) is 1. The van der Waals surface area contributed by atoms with E-state index in [1.54, 1.807) is 33.1 Å². The highest BCUT2D eigenvalue weighted by atomic mass is 32.2. The summed E-state index contributed by atoms with van der Waals surface area (Å²) in [6, 6.07) is 3.41. The number of aromatic nitrogens is 3. The van der Waals surface area contributed by atoms with E-state index in [0.29, 0.717) is 21.8 Å². The Morgan fingerprint density at radius 3 is 2.59 bits per heavy atom. The summed E-state index contributed by atoms with van der Waals surface area (Å²) in [5, 5.41) is 9.53. The predicted molar refractivity (Wildman–Crippen MR) is 145 cm³/mol. The number of nitrogens with zero attached hydrogens (tertiary/aromatic N) is 5. The maximum absolute atomic E-state index is 13.7. The molecule has 11 nitrogen and oxygen atoms in total. The molecule has 3 heterocycles. The van der Waals surface area contributed by atoms with Crippen molar-refractivity contribution in [1.29, 1.82) is 0 Å². The van der Waals surface area contributed by atoms with Crippen molar-refractivity contribution in [3.8, 4) is 5.75 Å². The summed E-state index contributed by atoms with van der Waals surface area (Å²) in [4.78, 5) is 24.1. The number of aryl methyl sites for hydroxylation is 2. The van der Waals surface area contributed by atoms with Crippen LogP contribution in [0, 0.1) is 13.8 Å². The van der Waals surface area contributed by atoms with Crippen molar-refractivity contribution in [2.24, 2.45) is 0 Å². The van der Waals surface area contributed by atoms with Crippen molar-refractivity contribution < 1.29 is 22.5 Å². The molecule has 1 aliphatic carbocycles. The highest BCUT2D eigenvalue weighted by Crippen LogP contribution is 2.35. The highest BCUT2D eigenvalue weighted by molar-refractivity contribution is 7.89. The molecule has 39 heavy (non-hydrogen) atoms. The lowest BCUT2D eigenvalue weighted by atomic mass is 10.1. The number of carbonyl (C=O) groups excluding carboxylic acids is 1. The molecule has 5 rings (SSSR count). The van der Waals surface area contributed by atoms with Crippen molar-refractivity contribution in [2.45, 2.75) is 70.0 Å². The fraction of sp³-hybridized carbons (Fsp3) is 0.538. The molecule has 0 radical (unpaired) electrons. The third-order valence-electron chi connectivity index (χ3n) is 6.99. The Hall–Kier alpha value is -2.87. The second kappa shape index (κ2) is 11.7. The number of rotatable bonds is 12. The zero-order valence-corrected chi connectivity index (χ0v) is 24.1. The highest BCUT2D eigenvalue weighted by Gasteiger charge is 2.39. The van der Waals surface area contributed by atoms with Gasteiger partial charge in [-0.05, 0) is 75.9 Å². The van der Waals surface area contributed by atoms with E-state index in [2.05, 4.69) is 25.3 Å². The van der Waals surface area contributed by atoms with Crippen LogP contribution in [0.3, 0.4) is 0 Å². The van der Waals surface area contributed by atoms with Crippen LogP contribution in [-0.4, -0.2) is 71.4 Å². The molecule has 210 valence electrons. The molecule has 2 aromatic heterocycles. The first-order valence-corrected chi connectivity index (χ1v) is 15.5. The number of carbonyl (C=O) groups is 1. The Kier molecular flexibility index (Phi) is 8.31. The molecule has 0 bridgehead atoms. The minimum Gasteiger partial charge on any atom is -0.497 e. The van der Waals surface area contributed by atoms with E-state index in [1.165, 1.54) is 28.5 Å².